The van der Waals surface area contributed by atoms with Gasteiger partial charge >= 0.3 is 6.09 Å². The van der Waals surface area contributed by atoms with Crippen molar-refractivity contribution in [3.63, 3.8) is 0 Å². The molecule has 0 aliphatic rings. The van der Waals surface area contributed by atoms with Crippen LogP contribution in [0.25, 0.3) is 10.9 Å². The van der Waals surface area contributed by atoms with Crippen molar-refractivity contribution >= 4 is 44.5 Å². The summed E-state index contributed by atoms with van der Waals surface area (Å²) in [6.07, 6.45) is 0.932. The SMILES string of the molecule is CC(C)(C)OC(=O)n1nc(Br)c2cc(Cl)ncc21. The van der Waals surface area contributed by atoms with Crippen LogP contribution in [0.1, 0.15) is 20.8 Å². The Morgan fingerprint density at radius 2 is 2.17 bits per heavy atom. The third kappa shape index (κ3) is 2.64. The van der Waals surface area contributed by atoms with Gasteiger partial charge in [0.1, 0.15) is 20.9 Å². The topological polar surface area (TPSA) is 57.0 Å². The second kappa shape index (κ2) is 4.51. The molecule has 2 rings (SSSR count). The van der Waals surface area contributed by atoms with Crippen LogP contribution in [0.15, 0.2) is 16.9 Å². The maximum absolute atomic E-state index is 12.0. The van der Waals surface area contributed by atoms with E-state index in [1.54, 1.807) is 26.8 Å². The average Bonchev–Trinajstić information content (AvgIpc) is 2.54. The van der Waals surface area contributed by atoms with Crippen molar-refractivity contribution < 1.29 is 9.53 Å². The van der Waals surface area contributed by atoms with E-state index in [9.17, 15) is 4.79 Å². The predicted octanol–water partition coefficient (Wildman–Crippen LogP) is 3.63. The number of carbonyl (C=O) groups excluding carboxylic acids is 1. The fourth-order valence-corrected chi connectivity index (χ4v) is 2.03. The number of aromatic nitrogens is 3. The third-order valence-electron chi connectivity index (χ3n) is 2.05. The highest BCUT2D eigenvalue weighted by Crippen LogP contribution is 2.25. The van der Waals surface area contributed by atoms with Gasteiger partial charge in [0.15, 0.2) is 0 Å². The number of rotatable bonds is 0. The normalized spacial score (nSPS) is 11.8. The van der Waals surface area contributed by atoms with Gasteiger partial charge in [0.25, 0.3) is 0 Å². The highest BCUT2D eigenvalue weighted by Gasteiger charge is 2.21. The zero-order valence-electron chi connectivity index (χ0n) is 10.1. The number of ether oxygens (including phenoxy) is 1. The fraction of sp³-hybridized carbons (Fsp3) is 0.364. The molecule has 0 amide bonds. The van der Waals surface area contributed by atoms with Crippen LogP contribution in [0.5, 0.6) is 0 Å². The monoisotopic (exact) mass is 331 g/mol. The molecule has 0 atom stereocenters. The molecule has 0 aliphatic heterocycles. The van der Waals surface area contributed by atoms with Gasteiger partial charge in [-0.3, -0.25) is 0 Å². The van der Waals surface area contributed by atoms with Crippen molar-refractivity contribution in [2.75, 3.05) is 0 Å². The van der Waals surface area contributed by atoms with Crippen molar-refractivity contribution in [2.45, 2.75) is 26.4 Å². The highest BCUT2D eigenvalue weighted by atomic mass is 79.9. The van der Waals surface area contributed by atoms with Crippen LogP contribution in [-0.2, 0) is 4.74 Å². The number of pyridine rings is 1. The van der Waals surface area contributed by atoms with Crippen LogP contribution in [0.2, 0.25) is 5.15 Å². The molecule has 0 saturated carbocycles. The molecule has 96 valence electrons. The van der Waals surface area contributed by atoms with Gasteiger partial charge in [-0.25, -0.2) is 9.78 Å². The summed E-state index contributed by atoms with van der Waals surface area (Å²) in [6.45, 7) is 5.38. The van der Waals surface area contributed by atoms with Crippen LogP contribution in [0.4, 0.5) is 4.79 Å². The number of fused-ring (bicyclic) bond motifs is 1. The first-order valence-electron chi connectivity index (χ1n) is 5.21. The van der Waals surface area contributed by atoms with E-state index < -0.39 is 11.7 Å². The molecule has 0 aliphatic carbocycles. The van der Waals surface area contributed by atoms with Gasteiger partial charge in [0, 0.05) is 5.39 Å². The summed E-state index contributed by atoms with van der Waals surface area (Å²) in [6, 6.07) is 1.63. The van der Waals surface area contributed by atoms with Crippen LogP contribution >= 0.6 is 27.5 Å². The van der Waals surface area contributed by atoms with Crippen molar-refractivity contribution in [3.8, 4) is 0 Å². The van der Waals surface area contributed by atoms with Crippen molar-refractivity contribution in [1.29, 1.82) is 0 Å². The first-order valence-corrected chi connectivity index (χ1v) is 6.38. The van der Waals surface area contributed by atoms with Gasteiger partial charge in [-0.05, 0) is 42.8 Å². The Balaban J connectivity index is 2.49. The Morgan fingerprint density at radius 3 is 2.78 bits per heavy atom. The second-order valence-corrected chi connectivity index (χ2v) is 5.85. The molecule has 2 aromatic rings. The van der Waals surface area contributed by atoms with Gasteiger partial charge in [0.2, 0.25) is 0 Å². The number of hydrogen-bond donors (Lipinski definition) is 0. The van der Waals surface area contributed by atoms with Gasteiger partial charge in [0.05, 0.1) is 6.20 Å². The summed E-state index contributed by atoms with van der Waals surface area (Å²) in [5.41, 5.74) is -0.0395. The summed E-state index contributed by atoms with van der Waals surface area (Å²) in [5, 5.41) is 5.12. The van der Waals surface area contributed by atoms with E-state index in [0.29, 0.717) is 20.7 Å². The van der Waals surface area contributed by atoms with E-state index in [1.165, 1.54) is 6.20 Å². The lowest BCUT2D eigenvalue weighted by Crippen LogP contribution is -2.27. The Labute approximate surface area is 117 Å². The number of hydrogen-bond acceptors (Lipinski definition) is 4. The number of carbonyl (C=O) groups is 1. The minimum absolute atomic E-state index is 0.340. The molecule has 7 heteroatoms. The molecule has 0 N–H and O–H groups in total. The molecular formula is C11H11BrClN3O2. The number of nitrogens with zero attached hydrogens (tertiary/aromatic N) is 3. The zero-order valence-corrected chi connectivity index (χ0v) is 12.4. The maximum Gasteiger partial charge on any atom is 0.435 e. The van der Waals surface area contributed by atoms with E-state index >= 15 is 0 Å². The van der Waals surface area contributed by atoms with E-state index in [-0.39, 0.29) is 0 Å². The Kier molecular flexibility index (Phi) is 3.33. The molecule has 2 heterocycles. The zero-order chi connectivity index (χ0) is 13.5. The smallest absolute Gasteiger partial charge is 0.435 e. The number of halogens is 2. The largest absolute Gasteiger partial charge is 0.442 e. The first kappa shape index (κ1) is 13.3. The van der Waals surface area contributed by atoms with Crippen LogP contribution in [0, 0.1) is 0 Å². The minimum atomic E-state index is -0.582. The summed E-state index contributed by atoms with van der Waals surface area (Å²) in [4.78, 5) is 15.9. The molecule has 0 saturated heterocycles. The lowest BCUT2D eigenvalue weighted by atomic mass is 10.2. The average molecular weight is 333 g/mol. The molecule has 0 spiro atoms. The lowest BCUT2D eigenvalue weighted by Gasteiger charge is -2.19. The molecule has 0 unspecified atom stereocenters. The predicted molar refractivity (Wildman–Crippen MR) is 71.9 cm³/mol. The third-order valence-corrected chi connectivity index (χ3v) is 2.85. The van der Waals surface area contributed by atoms with Gasteiger partial charge < -0.3 is 4.74 Å². The van der Waals surface area contributed by atoms with Crippen LogP contribution in [0.3, 0.4) is 0 Å². The molecule has 0 fully saturated rings. The molecule has 2 aromatic heterocycles. The summed E-state index contributed by atoms with van der Waals surface area (Å²) < 4.78 is 6.94. The molecule has 0 bridgehead atoms. The van der Waals surface area contributed by atoms with Gasteiger partial charge in [-0.15, -0.1) is 0 Å². The quantitative estimate of drug-likeness (QED) is 0.691. The molecule has 5 nitrogen and oxygen atoms in total. The van der Waals surface area contributed by atoms with Crippen molar-refractivity contribution in [3.05, 3.63) is 22.0 Å². The lowest BCUT2D eigenvalue weighted by molar-refractivity contribution is 0.0522. The van der Waals surface area contributed by atoms with Gasteiger partial charge in [-0.1, -0.05) is 11.6 Å². The summed E-state index contributed by atoms with van der Waals surface area (Å²) >= 11 is 9.07. The van der Waals surface area contributed by atoms with Crippen molar-refractivity contribution in [1.82, 2.24) is 14.8 Å². The highest BCUT2D eigenvalue weighted by molar-refractivity contribution is 9.10. The maximum atomic E-state index is 12.0. The minimum Gasteiger partial charge on any atom is -0.442 e. The van der Waals surface area contributed by atoms with Crippen LogP contribution < -0.4 is 0 Å². The molecule has 0 aromatic carbocycles. The molecular weight excluding hydrogens is 321 g/mol. The van der Waals surface area contributed by atoms with E-state index in [0.717, 1.165) is 4.68 Å². The van der Waals surface area contributed by atoms with Crippen LogP contribution in [-0.4, -0.2) is 26.5 Å². The van der Waals surface area contributed by atoms with E-state index in [4.69, 9.17) is 16.3 Å². The van der Waals surface area contributed by atoms with E-state index in [2.05, 4.69) is 26.0 Å². The molecule has 0 radical (unpaired) electrons. The summed E-state index contributed by atoms with van der Waals surface area (Å²) in [5.74, 6) is 0. The molecule has 18 heavy (non-hydrogen) atoms. The first-order chi connectivity index (χ1) is 8.28. The Morgan fingerprint density at radius 1 is 1.50 bits per heavy atom. The summed E-state index contributed by atoms with van der Waals surface area (Å²) in [7, 11) is 0. The Bertz CT molecular complexity index is 619. The fourth-order valence-electron chi connectivity index (χ4n) is 1.40. The Hall–Kier alpha value is -1.14. The second-order valence-electron chi connectivity index (χ2n) is 4.71. The van der Waals surface area contributed by atoms with Crippen molar-refractivity contribution in [2.24, 2.45) is 0 Å². The van der Waals surface area contributed by atoms with E-state index in [1.807, 2.05) is 0 Å². The standard InChI is InChI=1S/C11H11BrClN3O2/c1-11(2,3)18-10(17)16-7-5-14-8(13)4-6(7)9(12)15-16/h4-5H,1-3H3. The van der Waals surface area contributed by atoms with Gasteiger partial charge in [-0.2, -0.15) is 9.78 Å².